The maximum Gasteiger partial charge on any atom is 0.258 e. The number of phenolic OH excluding ortho intramolecular Hbond substituents is 1. The summed E-state index contributed by atoms with van der Waals surface area (Å²) >= 11 is 11.7. The van der Waals surface area contributed by atoms with E-state index in [0.29, 0.717) is 30.2 Å². The number of pyridine rings is 1. The van der Waals surface area contributed by atoms with Gasteiger partial charge in [0.25, 0.3) is 5.91 Å². The lowest BCUT2D eigenvalue weighted by molar-refractivity contribution is 0.0976. The van der Waals surface area contributed by atoms with Crippen molar-refractivity contribution in [1.82, 2.24) is 4.98 Å². The van der Waals surface area contributed by atoms with Crippen LogP contribution >= 0.6 is 23.2 Å². The van der Waals surface area contributed by atoms with Crippen molar-refractivity contribution >= 4 is 34.8 Å². The summed E-state index contributed by atoms with van der Waals surface area (Å²) in [7, 11) is 0. The molecule has 3 rings (SSSR count). The third-order valence-corrected chi connectivity index (χ3v) is 3.71. The fraction of sp³-hybridized carbons (Fsp3) is 0.143. The number of benzene rings is 1. The second-order valence-electron chi connectivity index (χ2n) is 4.44. The Morgan fingerprint density at radius 3 is 2.76 bits per heavy atom. The topological polar surface area (TPSA) is 62.7 Å². The molecule has 0 unspecified atom stereocenters. The van der Waals surface area contributed by atoms with E-state index in [-0.39, 0.29) is 21.7 Å². The number of amides is 1. The molecule has 7 heteroatoms. The predicted molar refractivity (Wildman–Crippen MR) is 79.5 cm³/mol. The molecule has 1 aromatic carbocycles. The Morgan fingerprint density at radius 2 is 2.05 bits per heavy atom. The SMILES string of the molecule is O=C(c1cc(Cl)c(O)c(Cl)c1)N1CCOc2cnccc21. The summed E-state index contributed by atoms with van der Waals surface area (Å²) in [6.45, 7) is 0.788. The molecule has 0 spiro atoms. The standard InChI is InChI=1S/C14H10Cl2N2O3/c15-9-5-8(6-10(16)13(9)19)14(20)18-3-4-21-12-7-17-2-1-11(12)18/h1-2,5-7,19H,3-4H2. The highest BCUT2D eigenvalue weighted by Crippen LogP contribution is 2.35. The lowest BCUT2D eigenvalue weighted by Gasteiger charge is -2.29. The average molecular weight is 325 g/mol. The Kier molecular flexibility index (Phi) is 3.61. The Morgan fingerprint density at radius 1 is 1.33 bits per heavy atom. The number of hydrogen-bond acceptors (Lipinski definition) is 4. The van der Waals surface area contributed by atoms with E-state index in [2.05, 4.69) is 4.98 Å². The third-order valence-electron chi connectivity index (χ3n) is 3.13. The molecule has 2 heterocycles. The van der Waals surface area contributed by atoms with Gasteiger partial charge >= 0.3 is 0 Å². The number of carbonyl (C=O) groups excluding carboxylic acids is 1. The van der Waals surface area contributed by atoms with Crippen molar-refractivity contribution in [2.75, 3.05) is 18.1 Å². The summed E-state index contributed by atoms with van der Waals surface area (Å²) < 4.78 is 5.46. The smallest absolute Gasteiger partial charge is 0.258 e. The quantitative estimate of drug-likeness (QED) is 0.875. The number of anilines is 1. The molecule has 1 N–H and O–H groups in total. The maximum atomic E-state index is 12.6. The van der Waals surface area contributed by atoms with Gasteiger partial charge in [0.15, 0.2) is 11.5 Å². The van der Waals surface area contributed by atoms with Crippen LogP contribution in [0.5, 0.6) is 11.5 Å². The predicted octanol–water partition coefficient (Wildman–Crippen LogP) is 3.13. The zero-order chi connectivity index (χ0) is 15.0. The van der Waals surface area contributed by atoms with Crippen molar-refractivity contribution in [3.8, 4) is 11.5 Å². The van der Waals surface area contributed by atoms with Gasteiger partial charge in [0, 0.05) is 11.8 Å². The van der Waals surface area contributed by atoms with Gasteiger partial charge in [-0.05, 0) is 18.2 Å². The molecule has 0 atom stereocenters. The summed E-state index contributed by atoms with van der Waals surface area (Å²) in [5, 5.41) is 9.64. The summed E-state index contributed by atoms with van der Waals surface area (Å²) in [5.41, 5.74) is 0.939. The zero-order valence-electron chi connectivity index (χ0n) is 10.7. The van der Waals surface area contributed by atoms with Crippen LogP contribution in [0.3, 0.4) is 0 Å². The molecule has 0 radical (unpaired) electrons. The molecule has 0 bridgehead atoms. The van der Waals surface area contributed by atoms with Crippen molar-refractivity contribution < 1.29 is 14.6 Å². The van der Waals surface area contributed by atoms with Crippen LogP contribution in [0.4, 0.5) is 5.69 Å². The van der Waals surface area contributed by atoms with Crippen molar-refractivity contribution in [2.45, 2.75) is 0 Å². The molecule has 1 aromatic heterocycles. The van der Waals surface area contributed by atoms with Gasteiger partial charge in [0.05, 0.1) is 28.5 Å². The Labute approximate surface area is 130 Å². The number of rotatable bonds is 1. The van der Waals surface area contributed by atoms with E-state index >= 15 is 0 Å². The largest absolute Gasteiger partial charge is 0.505 e. The van der Waals surface area contributed by atoms with E-state index in [1.54, 1.807) is 23.4 Å². The van der Waals surface area contributed by atoms with E-state index in [0.717, 1.165) is 0 Å². The number of ether oxygens (including phenoxy) is 1. The van der Waals surface area contributed by atoms with Gasteiger partial charge < -0.3 is 14.7 Å². The average Bonchev–Trinajstić information content (AvgIpc) is 2.51. The van der Waals surface area contributed by atoms with Gasteiger partial charge in [-0.3, -0.25) is 9.78 Å². The highest BCUT2D eigenvalue weighted by Gasteiger charge is 2.25. The van der Waals surface area contributed by atoms with Crippen LogP contribution in [0.15, 0.2) is 30.6 Å². The van der Waals surface area contributed by atoms with Crippen LogP contribution in [0.25, 0.3) is 0 Å². The van der Waals surface area contributed by atoms with Crippen LogP contribution in [0.1, 0.15) is 10.4 Å². The van der Waals surface area contributed by atoms with Gasteiger partial charge in [-0.1, -0.05) is 23.2 Å². The molecule has 2 aromatic rings. The van der Waals surface area contributed by atoms with E-state index in [9.17, 15) is 9.90 Å². The highest BCUT2D eigenvalue weighted by molar-refractivity contribution is 6.37. The van der Waals surface area contributed by atoms with Crippen LogP contribution < -0.4 is 9.64 Å². The van der Waals surface area contributed by atoms with Crippen LogP contribution in [-0.2, 0) is 0 Å². The second-order valence-corrected chi connectivity index (χ2v) is 5.25. The molecule has 0 saturated heterocycles. The fourth-order valence-corrected chi connectivity index (χ4v) is 2.62. The van der Waals surface area contributed by atoms with Gasteiger partial charge in [-0.15, -0.1) is 0 Å². The minimum atomic E-state index is -0.269. The van der Waals surface area contributed by atoms with Crippen LogP contribution in [0, 0.1) is 0 Å². The Hall–Kier alpha value is -1.98. The number of aromatic hydroxyl groups is 1. The first kappa shape index (κ1) is 14.0. The van der Waals surface area contributed by atoms with Gasteiger partial charge in [-0.2, -0.15) is 0 Å². The lowest BCUT2D eigenvalue weighted by Crippen LogP contribution is -2.38. The van der Waals surface area contributed by atoms with E-state index in [1.165, 1.54) is 12.1 Å². The van der Waals surface area contributed by atoms with E-state index in [1.807, 2.05) is 0 Å². The first-order valence-corrected chi connectivity index (χ1v) is 6.90. The number of halogens is 2. The molecule has 1 amide bonds. The number of carbonyl (C=O) groups is 1. The molecule has 108 valence electrons. The van der Waals surface area contributed by atoms with Crippen molar-refractivity contribution in [3.63, 3.8) is 0 Å². The molecule has 0 saturated carbocycles. The number of phenols is 1. The first-order valence-electron chi connectivity index (χ1n) is 6.14. The Bertz CT molecular complexity index is 698. The second kappa shape index (κ2) is 5.42. The summed E-state index contributed by atoms with van der Waals surface area (Å²) in [5.74, 6) is 0.0454. The van der Waals surface area contributed by atoms with Gasteiger partial charge in [0.1, 0.15) is 6.61 Å². The highest BCUT2D eigenvalue weighted by atomic mass is 35.5. The third kappa shape index (κ3) is 2.50. The lowest BCUT2D eigenvalue weighted by atomic mass is 10.1. The number of fused-ring (bicyclic) bond motifs is 1. The van der Waals surface area contributed by atoms with E-state index in [4.69, 9.17) is 27.9 Å². The maximum absolute atomic E-state index is 12.6. The van der Waals surface area contributed by atoms with Crippen LogP contribution in [-0.4, -0.2) is 29.1 Å². The molecule has 1 aliphatic rings. The molecular formula is C14H10Cl2N2O3. The van der Waals surface area contributed by atoms with E-state index < -0.39 is 0 Å². The molecule has 0 aliphatic carbocycles. The monoisotopic (exact) mass is 324 g/mol. The fourth-order valence-electron chi connectivity index (χ4n) is 2.13. The normalized spacial score (nSPS) is 13.5. The summed E-state index contributed by atoms with van der Waals surface area (Å²) in [6, 6.07) is 4.48. The minimum Gasteiger partial charge on any atom is -0.505 e. The van der Waals surface area contributed by atoms with Gasteiger partial charge in [0.2, 0.25) is 0 Å². The van der Waals surface area contributed by atoms with Crippen molar-refractivity contribution in [3.05, 3.63) is 46.2 Å². The molecule has 1 aliphatic heterocycles. The number of nitrogens with zero attached hydrogens (tertiary/aromatic N) is 2. The zero-order valence-corrected chi connectivity index (χ0v) is 12.2. The summed E-state index contributed by atoms with van der Waals surface area (Å²) in [6.07, 6.45) is 3.15. The molecular weight excluding hydrogens is 315 g/mol. The number of hydrogen-bond donors (Lipinski definition) is 1. The molecule has 5 nitrogen and oxygen atoms in total. The molecule has 0 fully saturated rings. The first-order chi connectivity index (χ1) is 10.1. The van der Waals surface area contributed by atoms with Crippen molar-refractivity contribution in [1.29, 1.82) is 0 Å². The summed E-state index contributed by atoms with van der Waals surface area (Å²) in [4.78, 5) is 18.2. The molecule has 21 heavy (non-hydrogen) atoms. The van der Waals surface area contributed by atoms with Gasteiger partial charge in [-0.25, -0.2) is 0 Å². The minimum absolute atomic E-state index is 0.0362. The Balaban J connectivity index is 2.00. The van der Waals surface area contributed by atoms with Crippen LogP contribution in [0.2, 0.25) is 10.0 Å². The number of aromatic nitrogens is 1. The van der Waals surface area contributed by atoms with Crippen molar-refractivity contribution in [2.24, 2.45) is 0 Å².